The summed E-state index contributed by atoms with van der Waals surface area (Å²) in [6.07, 6.45) is 5.42. The van der Waals surface area contributed by atoms with Crippen molar-refractivity contribution in [3.8, 4) is 11.5 Å². The molecule has 21 heavy (non-hydrogen) atoms. The summed E-state index contributed by atoms with van der Waals surface area (Å²) in [6.45, 7) is 6.06. The minimum absolute atomic E-state index is 0.118. The number of methoxy groups -OCH3 is 1. The minimum atomic E-state index is -0.432. The Morgan fingerprint density at radius 1 is 1.33 bits per heavy atom. The van der Waals surface area contributed by atoms with E-state index in [1.807, 2.05) is 19.9 Å². The Bertz CT molecular complexity index is 552. The number of hydrogen-bond acceptors (Lipinski definition) is 4. The van der Waals surface area contributed by atoms with Gasteiger partial charge in [-0.3, -0.25) is 0 Å². The van der Waals surface area contributed by atoms with E-state index in [4.69, 9.17) is 9.47 Å². The lowest BCUT2D eigenvalue weighted by Crippen LogP contribution is -1.99. The van der Waals surface area contributed by atoms with Crippen molar-refractivity contribution in [2.75, 3.05) is 13.7 Å². The number of esters is 1. The van der Waals surface area contributed by atoms with Gasteiger partial charge in [0.2, 0.25) is 0 Å². The SMILES string of the molecule is CCOC(=O)/C=C/c1ccc(OC)c(CC=C(C)C)c1O. The number of aromatic hydroxyl groups is 1. The third-order valence-electron chi connectivity index (χ3n) is 2.89. The van der Waals surface area contributed by atoms with Gasteiger partial charge in [0, 0.05) is 17.2 Å². The number of benzene rings is 1. The lowest BCUT2D eigenvalue weighted by molar-refractivity contribution is -0.137. The lowest BCUT2D eigenvalue weighted by atomic mass is 10.0. The molecule has 0 aromatic heterocycles. The van der Waals surface area contributed by atoms with E-state index in [0.29, 0.717) is 29.9 Å². The maximum Gasteiger partial charge on any atom is 0.330 e. The van der Waals surface area contributed by atoms with Gasteiger partial charge < -0.3 is 14.6 Å². The average molecular weight is 290 g/mol. The summed E-state index contributed by atoms with van der Waals surface area (Å²) in [5.41, 5.74) is 2.41. The van der Waals surface area contributed by atoms with Crippen LogP contribution in [-0.2, 0) is 16.0 Å². The Labute approximate surface area is 125 Å². The van der Waals surface area contributed by atoms with Crippen molar-refractivity contribution >= 4 is 12.0 Å². The van der Waals surface area contributed by atoms with Crippen molar-refractivity contribution in [1.29, 1.82) is 0 Å². The predicted molar refractivity (Wildman–Crippen MR) is 83.5 cm³/mol. The van der Waals surface area contributed by atoms with Gasteiger partial charge in [0.25, 0.3) is 0 Å². The van der Waals surface area contributed by atoms with Gasteiger partial charge in [0.05, 0.1) is 13.7 Å². The minimum Gasteiger partial charge on any atom is -0.507 e. The van der Waals surface area contributed by atoms with Gasteiger partial charge in [0.1, 0.15) is 11.5 Å². The second-order valence-corrected chi connectivity index (χ2v) is 4.76. The summed E-state index contributed by atoms with van der Waals surface area (Å²) < 4.78 is 10.1. The highest BCUT2D eigenvalue weighted by molar-refractivity contribution is 5.87. The molecule has 0 aliphatic heterocycles. The Morgan fingerprint density at radius 2 is 2.05 bits per heavy atom. The molecule has 0 aliphatic rings. The molecule has 0 aliphatic carbocycles. The third kappa shape index (κ3) is 4.99. The molecule has 1 N–H and O–H groups in total. The zero-order valence-electron chi connectivity index (χ0n) is 13.0. The molecule has 1 rings (SSSR count). The molecule has 4 heteroatoms. The summed E-state index contributed by atoms with van der Waals surface area (Å²) in [7, 11) is 1.56. The molecule has 0 unspecified atom stereocenters. The van der Waals surface area contributed by atoms with Gasteiger partial charge in [-0.15, -0.1) is 0 Å². The molecule has 0 amide bonds. The number of ether oxygens (including phenoxy) is 2. The van der Waals surface area contributed by atoms with E-state index in [0.717, 1.165) is 5.57 Å². The van der Waals surface area contributed by atoms with Crippen molar-refractivity contribution < 1.29 is 19.4 Å². The average Bonchev–Trinajstić information content (AvgIpc) is 2.44. The van der Waals surface area contributed by atoms with Gasteiger partial charge in [-0.25, -0.2) is 4.79 Å². The molecule has 0 atom stereocenters. The maximum absolute atomic E-state index is 11.3. The number of carbonyl (C=O) groups is 1. The fraction of sp³-hybridized carbons (Fsp3) is 0.353. The van der Waals surface area contributed by atoms with Gasteiger partial charge in [-0.2, -0.15) is 0 Å². The van der Waals surface area contributed by atoms with Crippen LogP contribution in [0.5, 0.6) is 11.5 Å². The maximum atomic E-state index is 11.3. The first-order valence-electron chi connectivity index (χ1n) is 6.86. The van der Waals surface area contributed by atoms with Gasteiger partial charge in [-0.1, -0.05) is 11.6 Å². The predicted octanol–water partition coefficient (Wildman–Crippen LogP) is 3.49. The molecule has 0 saturated heterocycles. The van der Waals surface area contributed by atoms with Crippen molar-refractivity contribution in [1.82, 2.24) is 0 Å². The van der Waals surface area contributed by atoms with E-state index < -0.39 is 5.97 Å². The number of carbonyl (C=O) groups excluding carboxylic acids is 1. The van der Waals surface area contributed by atoms with Crippen LogP contribution in [0.15, 0.2) is 29.9 Å². The highest BCUT2D eigenvalue weighted by atomic mass is 16.5. The molecule has 1 aromatic rings. The first kappa shape index (κ1) is 16.8. The van der Waals surface area contributed by atoms with E-state index in [1.54, 1.807) is 32.2 Å². The number of rotatable bonds is 6. The van der Waals surface area contributed by atoms with Crippen LogP contribution < -0.4 is 4.74 Å². The molecule has 0 radical (unpaired) electrons. The standard InChI is InChI=1S/C17H22O4/c1-5-21-16(18)11-8-13-7-10-15(20-4)14(17(13)19)9-6-12(2)3/h6-8,10-11,19H,5,9H2,1-4H3/b11-8+. The van der Waals surface area contributed by atoms with Crippen LogP contribution in [0.4, 0.5) is 0 Å². The normalized spacial score (nSPS) is 10.5. The second kappa shape index (κ2) is 8.15. The molecule has 4 nitrogen and oxygen atoms in total. The van der Waals surface area contributed by atoms with Crippen molar-refractivity contribution in [3.63, 3.8) is 0 Å². The van der Waals surface area contributed by atoms with Crippen LogP contribution in [0.25, 0.3) is 6.08 Å². The van der Waals surface area contributed by atoms with Crippen LogP contribution in [0.3, 0.4) is 0 Å². The summed E-state index contributed by atoms with van der Waals surface area (Å²) in [5, 5.41) is 10.3. The van der Waals surface area contributed by atoms with Crippen molar-refractivity contribution in [3.05, 3.63) is 41.0 Å². The number of allylic oxidation sites excluding steroid dienone is 2. The van der Waals surface area contributed by atoms with Gasteiger partial charge in [0.15, 0.2) is 0 Å². The summed E-state index contributed by atoms with van der Waals surface area (Å²) in [5.74, 6) is 0.309. The van der Waals surface area contributed by atoms with E-state index >= 15 is 0 Å². The van der Waals surface area contributed by atoms with Gasteiger partial charge in [-0.05, 0) is 45.4 Å². The molecule has 0 bridgehead atoms. The topological polar surface area (TPSA) is 55.8 Å². The smallest absolute Gasteiger partial charge is 0.330 e. The Hall–Kier alpha value is -2.23. The third-order valence-corrected chi connectivity index (χ3v) is 2.89. The molecule has 0 saturated carbocycles. The van der Waals surface area contributed by atoms with E-state index in [2.05, 4.69) is 0 Å². The Balaban J connectivity index is 3.10. The number of phenolic OH excluding ortho intramolecular Hbond substituents is 1. The first-order valence-corrected chi connectivity index (χ1v) is 6.86. The van der Waals surface area contributed by atoms with Crippen LogP contribution in [0.2, 0.25) is 0 Å². The molecule has 1 aromatic carbocycles. The lowest BCUT2D eigenvalue weighted by Gasteiger charge is -2.11. The first-order chi connectivity index (χ1) is 9.99. The summed E-state index contributed by atoms with van der Waals surface area (Å²) in [6, 6.07) is 3.48. The number of hydrogen-bond donors (Lipinski definition) is 1. The van der Waals surface area contributed by atoms with E-state index in [9.17, 15) is 9.90 Å². The number of phenols is 1. The van der Waals surface area contributed by atoms with E-state index in [1.165, 1.54) is 6.08 Å². The fourth-order valence-corrected chi connectivity index (χ4v) is 1.81. The zero-order chi connectivity index (χ0) is 15.8. The molecular weight excluding hydrogens is 268 g/mol. The monoisotopic (exact) mass is 290 g/mol. The van der Waals surface area contributed by atoms with Crippen molar-refractivity contribution in [2.45, 2.75) is 27.2 Å². The van der Waals surface area contributed by atoms with Gasteiger partial charge >= 0.3 is 5.97 Å². The molecule has 114 valence electrons. The molecule has 0 spiro atoms. The molecule has 0 fully saturated rings. The Kier molecular flexibility index (Phi) is 6.53. The van der Waals surface area contributed by atoms with E-state index in [-0.39, 0.29) is 5.75 Å². The van der Waals surface area contributed by atoms with Crippen molar-refractivity contribution in [2.24, 2.45) is 0 Å². The second-order valence-electron chi connectivity index (χ2n) is 4.76. The summed E-state index contributed by atoms with van der Waals surface area (Å²) >= 11 is 0. The van der Waals surface area contributed by atoms with Crippen LogP contribution in [-0.4, -0.2) is 24.8 Å². The highest BCUT2D eigenvalue weighted by Crippen LogP contribution is 2.33. The molecule has 0 heterocycles. The van der Waals surface area contributed by atoms with Crippen LogP contribution in [0, 0.1) is 0 Å². The van der Waals surface area contributed by atoms with Crippen LogP contribution >= 0.6 is 0 Å². The highest BCUT2D eigenvalue weighted by Gasteiger charge is 2.11. The fourth-order valence-electron chi connectivity index (χ4n) is 1.81. The van der Waals surface area contributed by atoms with Crippen LogP contribution in [0.1, 0.15) is 31.9 Å². The molecular formula is C17H22O4. The zero-order valence-corrected chi connectivity index (χ0v) is 13.0. The summed E-state index contributed by atoms with van der Waals surface area (Å²) in [4.78, 5) is 11.3. The quantitative estimate of drug-likeness (QED) is 0.495. The Morgan fingerprint density at radius 3 is 2.62 bits per heavy atom. The largest absolute Gasteiger partial charge is 0.507 e.